The summed E-state index contributed by atoms with van der Waals surface area (Å²) in [6, 6.07) is 12.5. The minimum atomic E-state index is -0.386. The second-order valence-corrected chi connectivity index (χ2v) is 5.13. The number of aromatic hydroxyl groups is 1. The number of carbonyl (C=O) groups excluding carboxylic acids is 1. The van der Waals surface area contributed by atoms with Crippen molar-refractivity contribution < 1.29 is 14.3 Å². The van der Waals surface area contributed by atoms with Crippen LogP contribution in [0.25, 0.3) is 11.0 Å². The molecule has 3 aromatic rings. The largest absolute Gasteiger partial charge is 0.506 e. The van der Waals surface area contributed by atoms with Gasteiger partial charge >= 0.3 is 0 Å². The molecule has 0 fully saturated rings. The molecule has 1 amide bonds. The Labute approximate surface area is 122 Å². The standard InChI is InChI=1S/C17H15NO3/c1-10-4-6-15-12(7-10)9-16(21-15)17(20)18-13-5-3-11(2)8-14(13)19/h3-9,19H,1-2H3,(H,18,20). The highest BCUT2D eigenvalue weighted by atomic mass is 16.3. The summed E-state index contributed by atoms with van der Waals surface area (Å²) >= 11 is 0. The van der Waals surface area contributed by atoms with Crippen LogP contribution in [0.4, 0.5) is 5.69 Å². The first-order valence-electron chi connectivity index (χ1n) is 6.64. The molecule has 1 heterocycles. The van der Waals surface area contributed by atoms with E-state index in [1.54, 1.807) is 18.2 Å². The van der Waals surface area contributed by atoms with Crippen LogP contribution in [-0.2, 0) is 0 Å². The number of nitrogens with one attached hydrogen (secondary N) is 1. The third kappa shape index (κ3) is 2.60. The van der Waals surface area contributed by atoms with E-state index in [4.69, 9.17) is 4.42 Å². The molecular weight excluding hydrogens is 266 g/mol. The molecule has 0 unspecified atom stereocenters. The van der Waals surface area contributed by atoms with Crippen molar-refractivity contribution in [1.29, 1.82) is 0 Å². The highest BCUT2D eigenvalue weighted by molar-refractivity contribution is 6.05. The molecule has 2 aromatic carbocycles. The first-order chi connectivity index (χ1) is 10.0. The third-order valence-corrected chi connectivity index (χ3v) is 3.30. The summed E-state index contributed by atoms with van der Waals surface area (Å²) in [6.45, 7) is 3.85. The molecule has 2 N–H and O–H groups in total. The first kappa shape index (κ1) is 13.2. The van der Waals surface area contributed by atoms with Crippen LogP contribution in [-0.4, -0.2) is 11.0 Å². The van der Waals surface area contributed by atoms with Gasteiger partial charge in [0.1, 0.15) is 11.3 Å². The summed E-state index contributed by atoms with van der Waals surface area (Å²) in [5.41, 5.74) is 3.05. The Morgan fingerprint density at radius 1 is 1.05 bits per heavy atom. The summed E-state index contributed by atoms with van der Waals surface area (Å²) in [5.74, 6) is -0.131. The molecule has 1 aromatic heterocycles. The Kier molecular flexibility index (Phi) is 3.14. The molecule has 106 valence electrons. The lowest BCUT2D eigenvalue weighted by Gasteiger charge is -2.06. The van der Waals surface area contributed by atoms with Crippen LogP contribution in [0.5, 0.6) is 5.75 Å². The Morgan fingerprint density at radius 3 is 2.52 bits per heavy atom. The third-order valence-electron chi connectivity index (χ3n) is 3.30. The van der Waals surface area contributed by atoms with Crippen LogP contribution in [0.1, 0.15) is 21.7 Å². The summed E-state index contributed by atoms with van der Waals surface area (Å²) in [7, 11) is 0. The van der Waals surface area contributed by atoms with Crippen molar-refractivity contribution in [2.75, 3.05) is 5.32 Å². The van der Waals surface area contributed by atoms with Gasteiger partial charge in [0.05, 0.1) is 5.69 Å². The van der Waals surface area contributed by atoms with Crippen LogP contribution in [0.3, 0.4) is 0 Å². The SMILES string of the molecule is Cc1ccc(NC(=O)c2cc3cc(C)ccc3o2)c(O)c1. The van der Waals surface area contributed by atoms with Gasteiger partial charge in [-0.2, -0.15) is 0 Å². The van der Waals surface area contributed by atoms with Crippen molar-refractivity contribution in [2.24, 2.45) is 0 Å². The lowest BCUT2D eigenvalue weighted by atomic mass is 10.2. The van der Waals surface area contributed by atoms with Crippen LogP contribution in [0.15, 0.2) is 46.9 Å². The van der Waals surface area contributed by atoms with Gasteiger partial charge in [-0.3, -0.25) is 4.79 Å². The number of phenolic OH excluding ortho intramolecular Hbond substituents is 1. The summed E-state index contributed by atoms with van der Waals surface area (Å²) in [4.78, 5) is 12.2. The van der Waals surface area contributed by atoms with Crippen molar-refractivity contribution in [3.8, 4) is 5.75 Å². The van der Waals surface area contributed by atoms with Gasteiger partial charge in [0.15, 0.2) is 5.76 Å². The predicted molar refractivity (Wildman–Crippen MR) is 81.7 cm³/mol. The van der Waals surface area contributed by atoms with E-state index < -0.39 is 0 Å². The lowest BCUT2D eigenvalue weighted by Crippen LogP contribution is -2.10. The molecule has 4 nitrogen and oxygen atoms in total. The topological polar surface area (TPSA) is 62.5 Å². The Hall–Kier alpha value is -2.75. The van der Waals surface area contributed by atoms with Gasteiger partial charge in [-0.05, 0) is 49.7 Å². The van der Waals surface area contributed by atoms with Gasteiger partial charge in [-0.25, -0.2) is 0 Å². The van der Waals surface area contributed by atoms with Gasteiger partial charge in [0.25, 0.3) is 5.91 Å². The van der Waals surface area contributed by atoms with Gasteiger partial charge in [0.2, 0.25) is 0 Å². The van der Waals surface area contributed by atoms with E-state index in [0.29, 0.717) is 11.3 Å². The smallest absolute Gasteiger partial charge is 0.291 e. The zero-order chi connectivity index (χ0) is 15.0. The number of hydrogen-bond donors (Lipinski definition) is 2. The van der Waals surface area contributed by atoms with E-state index in [-0.39, 0.29) is 17.4 Å². The van der Waals surface area contributed by atoms with Crippen LogP contribution >= 0.6 is 0 Å². The van der Waals surface area contributed by atoms with Crippen molar-refractivity contribution in [1.82, 2.24) is 0 Å². The number of benzene rings is 2. The highest BCUT2D eigenvalue weighted by Crippen LogP contribution is 2.26. The van der Waals surface area contributed by atoms with Crippen LogP contribution < -0.4 is 5.32 Å². The van der Waals surface area contributed by atoms with E-state index in [9.17, 15) is 9.90 Å². The summed E-state index contributed by atoms with van der Waals surface area (Å²) < 4.78 is 5.53. The van der Waals surface area contributed by atoms with Crippen LogP contribution in [0, 0.1) is 13.8 Å². The molecule has 0 aliphatic rings. The monoisotopic (exact) mass is 281 g/mol. The van der Waals surface area contributed by atoms with Crippen molar-refractivity contribution in [3.63, 3.8) is 0 Å². The summed E-state index contributed by atoms with van der Waals surface area (Å²) in [5, 5.41) is 13.3. The number of aryl methyl sites for hydroxylation is 2. The highest BCUT2D eigenvalue weighted by Gasteiger charge is 2.14. The second kappa shape index (κ2) is 4.98. The van der Waals surface area contributed by atoms with Gasteiger partial charge in [0, 0.05) is 5.39 Å². The number of rotatable bonds is 2. The number of fused-ring (bicyclic) bond motifs is 1. The van der Waals surface area contributed by atoms with Crippen molar-refractivity contribution >= 4 is 22.6 Å². The van der Waals surface area contributed by atoms with Gasteiger partial charge < -0.3 is 14.8 Å². The van der Waals surface area contributed by atoms with Gasteiger partial charge in [-0.1, -0.05) is 17.7 Å². The van der Waals surface area contributed by atoms with E-state index in [2.05, 4.69) is 5.32 Å². The normalized spacial score (nSPS) is 10.8. The molecule has 0 saturated carbocycles. The van der Waals surface area contributed by atoms with Gasteiger partial charge in [-0.15, -0.1) is 0 Å². The Balaban J connectivity index is 1.89. The minimum Gasteiger partial charge on any atom is -0.506 e. The maximum Gasteiger partial charge on any atom is 0.291 e. The molecular formula is C17H15NO3. The van der Waals surface area contributed by atoms with Crippen molar-refractivity contribution in [2.45, 2.75) is 13.8 Å². The number of anilines is 1. The molecule has 3 rings (SSSR count). The molecule has 0 atom stereocenters. The van der Waals surface area contributed by atoms with E-state index in [0.717, 1.165) is 16.5 Å². The maximum atomic E-state index is 12.2. The Morgan fingerprint density at radius 2 is 1.76 bits per heavy atom. The molecule has 0 spiro atoms. The molecule has 0 saturated heterocycles. The second-order valence-electron chi connectivity index (χ2n) is 5.13. The number of furan rings is 1. The van der Waals surface area contributed by atoms with Crippen LogP contribution in [0.2, 0.25) is 0 Å². The zero-order valence-electron chi connectivity index (χ0n) is 11.8. The molecule has 4 heteroatoms. The van der Waals surface area contributed by atoms with E-state index >= 15 is 0 Å². The first-order valence-corrected chi connectivity index (χ1v) is 6.64. The maximum absolute atomic E-state index is 12.2. The number of amides is 1. The quantitative estimate of drug-likeness (QED) is 0.698. The molecule has 0 radical (unpaired) electrons. The average molecular weight is 281 g/mol. The predicted octanol–water partition coefficient (Wildman–Crippen LogP) is 4.01. The minimum absolute atomic E-state index is 0.0373. The lowest BCUT2D eigenvalue weighted by molar-refractivity contribution is 0.0998. The molecule has 21 heavy (non-hydrogen) atoms. The van der Waals surface area contributed by atoms with E-state index in [1.807, 2.05) is 38.1 Å². The fourth-order valence-electron chi connectivity index (χ4n) is 2.21. The number of hydrogen-bond acceptors (Lipinski definition) is 3. The molecule has 0 bridgehead atoms. The molecule has 0 aliphatic carbocycles. The summed E-state index contributed by atoms with van der Waals surface area (Å²) in [6.07, 6.45) is 0. The fourth-order valence-corrected chi connectivity index (χ4v) is 2.21. The Bertz CT molecular complexity index is 833. The average Bonchev–Trinajstić information content (AvgIpc) is 2.85. The fraction of sp³-hybridized carbons (Fsp3) is 0.118. The zero-order valence-corrected chi connectivity index (χ0v) is 11.8. The van der Waals surface area contributed by atoms with Crippen molar-refractivity contribution in [3.05, 3.63) is 59.4 Å². The number of phenols is 1. The number of carbonyl (C=O) groups is 1. The van der Waals surface area contributed by atoms with E-state index in [1.165, 1.54) is 0 Å². The molecule has 0 aliphatic heterocycles.